The molecular formula is C20H27IN2O5SSi. The molecule has 0 atom stereocenters. The quantitative estimate of drug-likeness (QED) is 0.320. The van der Waals surface area contributed by atoms with Crippen LogP contribution >= 0.6 is 22.6 Å². The van der Waals surface area contributed by atoms with E-state index < -0.39 is 30.8 Å². The highest BCUT2D eigenvalue weighted by Gasteiger charge is 2.28. The number of aliphatic carboxylic acids is 1. The van der Waals surface area contributed by atoms with E-state index in [1.165, 1.54) is 0 Å². The first-order chi connectivity index (χ1) is 14.0. The molecule has 10 heteroatoms. The highest BCUT2D eigenvalue weighted by molar-refractivity contribution is 14.1. The van der Waals surface area contributed by atoms with Gasteiger partial charge in [-0.15, -0.1) is 0 Å². The minimum atomic E-state index is -4.07. The number of carboxylic acid groups (broad SMARTS) is 1. The molecule has 0 spiro atoms. The maximum absolute atomic E-state index is 13.0. The normalized spacial score (nSPS) is 11.9. The van der Waals surface area contributed by atoms with Gasteiger partial charge in [0.1, 0.15) is 18.9 Å². The van der Waals surface area contributed by atoms with Crippen LogP contribution in [0, 0.1) is 3.57 Å². The van der Waals surface area contributed by atoms with Crippen LogP contribution < -0.4 is 13.8 Å². The second-order valence-electron chi connectivity index (χ2n) is 8.00. The van der Waals surface area contributed by atoms with Crippen LogP contribution in [0.3, 0.4) is 0 Å². The number of anilines is 1. The molecule has 0 bridgehead atoms. The van der Waals surface area contributed by atoms with Crippen LogP contribution in [0.4, 0.5) is 5.69 Å². The third-order valence-corrected chi connectivity index (χ3v) is 8.05. The van der Waals surface area contributed by atoms with Crippen LogP contribution in [0.15, 0.2) is 48.5 Å². The lowest BCUT2D eigenvalue weighted by molar-refractivity contribution is -0.135. The summed E-state index contributed by atoms with van der Waals surface area (Å²) in [5, 5.41) is 9.35. The Kier molecular flexibility index (Phi) is 8.70. The molecule has 0 heterocycles. The maximum Gasteiger partial charge on any atom is 0.324 e. The molecule has 0 saturated carbocycles. The minimum Gasteiger partial charge on any atom is -0.487 e. The van der Waals surface area contributed by atoms with Crippen molar-refractivity contribution in [2.24, 2.45) is 0 Å². The van der Waals surface area contributed by atoms with Crippen LogP contribution in [-0.2, 0) is 21.6 Å². The van der Waals surface area contributed by atoms with Gasteiger partial charge in [-0.05, 0) is 52.4 Å². The first-order valence-electron chi connectivity index (χ1n) is 9.43. The van der Waals surface area contributed by atoms with Crippen molar-refractivity contribution in [3.05, 3.63) is 57.7 Å². The summed E-state index contributed by atoms with van der Waals surface area (Å²) in [4.78, 5) is 11.5. The molecule has 0 amide bonds. The summed E-state index contributed by atoms with van der Waals surface area (Å²) in [5.74, 6) is -0.944. The molecule has 2 N–H and O–H groups in total. The van der Waals surface area contributed by atoms with Crippen molar-refractivity contribution in [2.75, 3.05) is 17.4 Å². The molecule has 30 heavy (non-hydrogen) atoms. The van der Waals surface area contributed by atoms with E-state index in [1.807, 2.05) is 30.3 Å². The van der Waals surface area contributed by atoms with Crippen molar-refractivity contribution in [3.63, 3.8) is 0 Å². The lowest BCUT2D eigenvalue weighted by atomic mass is 10.2. The molecule has 0 aromatic heterocycles. The van der Waals surface area contributed by atoms with Gasteiger partial charge >= 0.3 is 16.2 Å². The standard InChI is InChI=1S/C20H27IN2O5SSi/c1-30(2,3)12-11-22-29(26,27)23(14-20(24)25)18-10-9-17(21)13-19(18)28-15-16-7-5-4-6-8-16/h4-10,13,22H,11-12,14-15H2,1-3H3,(H,24,25). The summed E-state index contributed by atoms with van der Waals surface area (Å²) in [7, 11) is -5.53. The van der Waals surface area contributed by atoms with Crippen LogP contribution in [0.5, 0.6) is 5.75 Å². The predicted octanol–water partition coefficient (Wildman–Crippen LogP) is 3.93. The van der Waals surface area contributed by atoms with Crippen LogP contribution in [0.25, 0.3) is 0 Å². The average Bonchev–Trinajstić information content (AvgIpc) is 2.64. The Morgan fingerprint density at radius 3 is 2.43 bits per heavy atom. The fourth-order valence-corrected chi connectivity index (χ4v) is 5.33. The van der Waals surface area contributed by atoms with Gasteiger partial charge in [-0.1, -0.05) is 50.0 Å². The van der Waals surface area contributed by atoms with Crippen LogP contribution in [-0.4, -0.2) is 40.7 Å². The van der Waals surface area contributed by atoms with Crippen molar-refractivity contribution in [1.82, 2.24) is 4.72 Å². The maximum atomic E-state index is 13.0. The van der Waals surface area contributed by atoms with E-state index >= 15 is 0 Å². The molecule has 7 nitrogen and oxygen atoms in total. The zero-order chi connectivity index (χ0) is 22.4. The lowest BCUT2D eigenvalue weighted by Crippen LogP contribution is -2.45. The number of nitrogens with one attached hydrogen (secondary N) is 1. The topological polar surface area (TPSA) is 95.9 Å². The summed E-state index contributed by atoms with van der Waals surface area (Å²) in [5.41, 5.74) is 1.11. The van der Waals surface area contributed by atoms with Gasteiger partial charge in [-0.25, -0.2) is 4.31 Å². The Balaban J connectivity index is 2.32. The Morgan fingerprint density at radius 2 is 1.83 bits per heavy atom. The predicted molar refractivity (Wildman–Crippen MR) is 130 cm³/mol. The van der Waals surface area contributed by atoms with Crippen LogP contribution in [0.2, 0.25) is 25.7 Å². The summed E-state index contributed by atoms with van der Waals surface area (Å²) >= 11 is 2.10. The largest absolute Gasteiger partial charge is 0.487 e. The number of carbonyl (C=O) groups is 1. The molecule has 164 valence electrons. The molecule has 0 saturated heterocycles. The van der Waals surface area contributed by atoms with E-state index in [0.717, 1.165) is 19.5 Å². The Morgan fingerprint density at radius 1 is 1.17 bits per heavy atom. The van der Waals surface area contributed by atoms with Gasteiger partial charge in [0.2, 0.25) is 0 Å². The van der Waals surface area contributed by atoms with Gasteiger partial charge in [0.05, 0.1) is 5.69 Å². The molecule has 0 fully saturated rings. The summed E-state index contributed by atoms with van der Waals surface area (Å²) < 4.78 is 36.1. The molecule has 0 aliphatic heterocycles. The molecule has 0 aliphatic carbocycles. The number of hydrogen-bond donors (Lipinski definition) is 2. The highest BCUT2D eigenvalue weighted by atomic mass is 127. The Bertz CT molecular complexity index is 965. The van der Waals surface area contributed by atoms with Gasteiger partial charge in [0.15, 0.2) is 0 Å². The Labute approximate surface area is 192 Å². The summed E-state index contributed by atoms with van der Waals surface area (Å²) in [6.07, 6.45) is 0. The number of nitrogens with zero attached hydrogens (tertiary/aromatic N) is 1. The number of rotatable bonds is 11. The van der Waals surface area contributed by atoms with Crippen molar-refractivity contribution in [2.45, 2.75) is 32.3 Å². The molecule has 0 radical (unpaired) electrons. The van der Waals surface area contributed by atoms with Gasteiger partial charge in [0.25, 0.3) is 0 Å². The van der Waals surface area contributed by atoms with E-state index in [2.05, 4.69) is 47.0 Å². The molecule has 2 aromatic carbocycles. The lowest BCUT2D eigenvalue weighted by Gasteiger charge is -2.26. The zero-order valence-corrected chi connectivity index (χ0v) is 21.2. The number of hydrogen-bond acceptors (Lipinski definition) is 4. The third-order valence-electron chi connectivity index (χ3n) is 4.16. The first kappa shape index (κ1) is 24.6. The summed E-state index contributed by atoms with van der Waals surface area (Å²) in [6, 6.07) is 15.2. The van der Waals surface area contributed by atoms with Gasteiger partial charge in [-0.3, -0.25) is 4.79 Å². The smallest absolute Gasteiger partial charge is 0.324 e. The fraction of sp³-hybridized carbons (Fsp3) is 0.350. The van der Waals surface area contributed by atoms with E-state index in [9.17, 15) is 18.3 Å². The van der Waals surface area contributed by atoms with E-state index in [-0.39, 0.29) is 18.8 Å². The molecule has 0 unspecified atom stereocenters. The minimum absolute atomic E-state index is 0.189. The monoisotopic (exact) mass is 562 g/mol. The fourth-order valence-electron chi connectivity index (χ4n) is 2.60. The van der Waals surface area contributed by atoms with E-state index in [4.69, 9.17) is 4.74 Å². The zero-order valence-electron chi connectivity index (χ0n) is 17.3. The van der Waals surface area contributed by atoms with Crippen molar-refractivity contribution in [3.8, 4) is 5.75 Å². The molecular weight excluding hydrogens is 535 g/mol. The molecule has 2 rings (SSSR count). The average molecular weight is 563 g/mol. The van der Waals surface area contributed by atoms with Crippen molar-refractivity contribution < 1.29 is 23.1 Å². The van der Waals surface area contributed by atoms with E-state index in [1.54, 1.807) is 18.2 Å². The van der Waals surface area contributed by atoms with Gasteiger partial charge in [-0.2, -0.15) is 13.1 Å². The highest BCUT2D eigenvalue weighted by Crippen LogP contribution is 2.32. The Hall–Kier alpha value is -1.63. The second kappa shape index (κ2) is 10.6. The molecule has 0 aliphatic rings. The number of carboxylic acids is 1. The van der Waals surface area contributed by atoms with Gasteiger partial charge in [0, 0.05) is 18.2 Å². The van der Waals surface area contributed by atoms with Crippen LogP contribution in [0.1, 0.15) is 5.56 Å². The SMILES string of the molecule is C[Si](C)(C)CCNS(=O)(=O)N(CC(=O)O)c1ccc(I)cc1OCc1ccccc1. The number of benzene rings is 2. The van der Waals surface area contributed by atoms with Crippen molar-refractivity contribution in [1.29, 1.82) is 0 Å². The third kappa shape index (κ3) is 7.89. The van der Waals surface area contributed by atoms with Crippen molar-refractivity contribution >= 4 is 52.5 Å². The number of halogens is 1. The first-order valence-corrected chi connectivity index (χ1v) is 15.7. The molecule has 2 aromatic rings. The number of ether oxygens (including phenoxy) is 1. The van der Waals surface area contributed by atoms with E-state index in [0.29, 0.717) is 5.75 Å². The summed E-state index contributed by atoms with van der Waals surface area (Å²) in [6.45, 7) is 6.22. The second-order valence-corrected chi connectivity index (χ2v) is 16.5. The van der Waals surface area contributed by atoms with Gasteiger partial charge < -0.3 is 9.84 Å².